The zero-order valence-electron chi connectivity index (χ0n) is 14.8. The normalized spacial score (nSPS) is 11.7. The van der Waals surface area contributed by atoms with Crippen molar-refractivity contribution in [3.8, 4) is 5.75 Å². The molecule has 0 atom stereocenters. The topological polar surface area (TPSA) is 108 Å². The summed E-state index contributed by atoms with van der Waals surface area (Å²) in [6.45, 7) is 4.90. The van der Waals surface area contributed by atoms with Crippen LogP contribution < -0.4 is 10.1 Å². The van der Waals surface area contributed by atoms with E-state index in [9.17, 15) is 18.3 Å². The number of hydrogen-bond acceptors (Lipinski definition) is 5. The summed E-state index contributed by atoms with van der Waals surface area (Å²) in [5.74, 6) is -0.465. The lowest BCUT2D eigenvalue weighted by molar-refractivity contribution is -0.119. The van der Waals surface area contributed by atoms with Crippen LogP contribution in [0, 0.1) is 20.8 Å². The largest absolute Gasteiger partial charge is 0.508 e. The number of carbonyl (C=O) groups excluding carboxylic acids is 1. The molecule has 3 N–H and O–H groups in total. The third-order valence-corrected chi connectivity index (χ3v) is 5.30. The molecule has 0 saturated carbocycles. The fourth-order valence-corrected chi connectivity index (χ4v) is 4.03. The fraction of sp³-hybridized carbons (Fsp3) is 0.222. The van der Waals surface area contributed by atoms with Crippen LogP contribution in [0.5, 0.6) is 5.75 Å². The molecule has 0 heterocycles. The number of nitrogens with zero attached hydrogens (tertiary/aromatic N) is 1. The van der Waals surface area contributed by atoms with Gasteiger partial charge in [0.1, 0.15) is 5.75 Å². The van der Waals surface area contributed by atoms with Gasteiger partial charge in [-0.15, -0.1) is 0 Å². The summed E-state index contributed by atoms with van der Waals surface area (Å²) < 4.78 is 27.2. The number of nitrogens with one attached hydrogen (secondary N) is 2. The van der Waals surface area contributed by atoms with E-state index < -0.39 is 22.5 Å². The van der Waals surface area contributed by atoms with Gasteiger partial charge in [-0.1, -0.05) is 17.7 Å². The summed E-state index contributed by atoms with van der Waals surface area (Å²) >= 11 is 0. The summed E-state index contributed by atoms with van der Waals surface area (Å²) in [6.07, 6.45) is 1.39. The molecule has 0 spiro atoms. The van der Waals surface area contributed by atoms with Gasteiger partial charge in [0.05, 0.1) is 17.7 Å². The molecule has 0 fully saturated rings. The van der Waals surface area contributed by atoms with E-state index >= 15 is 0 Å². The molecule has 2 aromatic carbocycles. The molecule has 8 heteroatoms. The second kappa shape index (κ2) is 8.11. The van der Waals surface area contributed by atoms with E-state index in [2.05, 4.69) is 15.2 Å². The van der Waals surface area contributed by atoms with Gasteiger partial charge in [-0.3, -0.25) is 4.79 Å². The molecule has 0 bridgehead atoms. The number of aromatic hydroxyl groups is 1. The lowest BCUT2D eigenvalue weighted by Crippen LogP contribution is -2.35. The number of aryl methyl sites for hydroxylation is 3. The predicted molar refractivity (Wildman–Crippen MR) is 99.7 cm³/mol. The Hall–Kier alpha value is -2.71. The maximum atomic E-state index is 12.5. The number of phenols is 1. The Morgan fingerprint density at radius 3 is 2.27 bits per heavy atom. The second-order valence-corrected chi connectivity index (χ2v) is 7.64. The molecular formula is C18H21N3O4S. The maximum Gasteiger partial charge on any atom is 0.255 e. The molecule has 1 amide bonds. The third-order valence-electron chi connectivity index (χ3n) is 3.59. The number of hydrazone groups is 1. The minimum atomic E-state index is -3.81. The first kappa shape index (κ1) is 19.6. The fourth-order valence-electron chi connectivity index (χ4n) is 2.60. The molecule has 0 aliphatic heterocycles. The third kappa shape index (κ3) is 5.14. The quantitative estimate of drug-likeness (QED) is 0.528. The van der Waals surface area contributed by atoms with E-state index in [0.29, 0.717) is 16.7 Å². The van der Waals surface area contributed by atoms with Crippen LogP contribution in [0.2, 0.25) is 0 Å². The van der Waals surface area contributed by atoms with Gasteiger partial charge in [0.25, 0.3) is 5.91 Å². The van der Waals surface area contributed by atoms with Crippen molar-refractivity contribution in [2.75, 3.05) is 6.54 Å². The summed E-state index contributed by atoms with van der Waals surface area (Å²) in [4.78, 5) is 12.0. The summed E-state index contributed by atoms with van der Waals surface area (Å²) in [5.41, 5.74) is 5.15. The highest BCUT2D eigenvalue weighted by atomic mass is 32.2. The minimum Gasteiger partial charge on any atom is -0.508 e. The lowest BCUT2D eigenvalue weighted by atomic mass is 10.1. The van der Waals surface area contributed by atoms with Crippen LogP contribution in [-0.4, -0.2) is 32.2 Å². The molecule has 2 aromatic rings. The number of sulfonamides is 1. The van der Waals surface area contributed by atoms with Crippen molar-refractivity contribution in [3.63, 3.8) is 0 Å². The summed E-state index contributed by atoms with van der Waals surface area (Å²) in [7, 11) is -3.81. The maximum absolute atomic E-state index is 12.5. The van der Waals surface area contributed by atoms with Crippen molar-refractivity contribution in [2.24, 2.45) is 5.10 Å². The van der Waals surface area contributed by atoms with E-state index in [1.165, 1.54) is 18.3 Å². The Labute approximate surface area is 152 Å². The SMILES string of the molecule is Cc1cc(C)c(S(=O)(=O)NCC(=O)N/N=C\c2ccc(O)cc2)c(C)c1. The number of carbonyl (C=O) groups is 1. The average molecular weight is 375 g/mol. The van der Waals surface area contributed by atoms with Gasteiger partial charge in [0.15, 0.2) is 0 Å². The van der Waals surface area contributed by atoms with Crippen LogP contribution in [0.1, 0.15) is 22.3 Å². The van der Waals surface area contributed by atoms with Crippen LogP contribution in [0.3, 0.4) is 0 Å². The summed E-state index contributed by atoms with van der Waals surface area (Å²) in [6, 6.07) is 9.79. The van der Waals surface area contributed by atoms with Crippen LogP contribution >= 0.6 is 0 Å². The number of rotatable bonds is 6. The molecule has 0 radical (unpaired) electrons. The highest BCUT2D eigenvalue weighted by molar-refractivity contribution is 7.89. The average Bonchev–Trinajstić information content (AvgIpc) is 2.53. The van der Waals surface area contributed by atoms with Gasteiger partial charge in [-0.25, -0.2) is 18.6 Å². The van der Waals surface area contributed by atoms with E-state index in [4.69, 9.17) is 0 Å². The zero-order valence-corrected chi connectivity index (χ0v) is 15.6. The smallest absolute Gasteiger partial charge is 0.255 e. The number of benzene rings is 2. The molecule has 0 aromatic heterocycles. The molecule has 7 nitrogen and oxygen atoms in total. The highest BCUT2D eigenvalue weighted by Crippen LogP contribution is 2.21. The van der Waals surface area contributed by atoms with Crippen molar-refractivity contribution in [2.45, 2.75) is 25.7 Å². The Morgan fingerprint density at radius 2 is 1.69 bits per heavy atom. The number of amides is 1. The molecule has 0 saturated heterocycles. The zero-order chi connectivity index (χ0) is 19.3. The van der Waals surface area contributed by atoms with Crippen molar-refractivity contribution in [3.05, 3.63) is 58.7 Å². The van der Waals surface area contributed by atoms with Crippen molar-refractivity contribution in [1.29, 1.82) is 0 Å². The van der Waals surface area contributed by atoms with Gasteiger partial charge in [0, 0.05) is 0 Å². The first-order valence-corrected chi connectivity index (χ1v) is 9.36. The molecule has 0 aliphatic carbocycles. The minimum absolute atomic E-state index is 0.127. The Balaban J connectivity index is 1.97. The van der Waals surface area contributed by atoms with Gasteiger partial charge < -0.3 is 5.11 Å². The monoisotopic (exact) mass is 375 g/mol. The molecule has 0 unspecified atom stereocenters. The van der Waals surface area contributed by atoms with Crippen molar-refractivity contribution in [1.82, 2.24) is 10.1 Å². The summed E-state index contributed by atoms with van der Waals surface area (Å²) in [5, 5.41) is 12.9. The molecule has 138 valence electrons. The Bertz CT molecular complexity index is 912. The number of hydrogen-bond donors (Lipinski definition) is 3. The standard InChI is InChI=1S/C18H21N3O4S/c1-12-8-13(2)18(14(3)9-12)26(24,25)20-11-17(23)21-19-10-15-4-6-16(22)7-5-15/h4-10,20,22H,11H2,1-3H3,(H,21,23)/b19-10-. The van der Waals surface area contributed by atoms with E-state index in [-0.39, 0.29) is 10.6 Å². The van der Waals surface area contributed by atoms with Crippen LogP contribution in [0.4, 0.5) is 0 Å². The van der Waals surface area contributed by atoms with Crippen LogP contribution in [-0.2, 0) is 14.8 Å². The Morgan fingerprint density at radius 1 is 1.12 bits per heavy atom. The highest BCUT2D eigenvalue weighted by Gasteiger charge is 2.20. The molecular weight excluding hydrogens is 354 g/mol. The predicted octanol–water partition coefficient (Wildman–Crippen LogP) is 1.75. The van der Waals surface area contributed by atoms with Gasteiger partial charge in [-0.2, -0.15) is 5.10 Å². The van der Waals surface area contributed by atoms with Crippen molar-refractivity contribution < 1.29 is 18.3 Å². The second-order valence-electron chi connectivity index (χ2n) is 5.94. The van der Waals surface area contributed by atoms with Crippen molar-refractivity contribution >= 4 is 22.1 Å². The van der Waals surface area contributed by atoms with Gasteiger partial charge in [-0.05, 0) is 61.7 Å². The first-order valence-electron chi connectivity index (χ1n) is 7.87. The van der Waals surface area contributed by atoms with Gasteiger partial charge >= 0.3 is 0 Å². The lowest BCUT2D eigenvalue weighted by Gasteiger charge is -2.12. The Kier molecular flexibility index (Phi) is 6.12. The molecule has 2 rings (SSSR count). The van der Waals surface area contributed by atoms with E-state index in [0.717, 1.165) is 5.56 Å². The van der Waals surface area contributed by atoms with E-state index in [1.807, 2.05) is 6.92 Å². The van der Waals surface area contributed by atoms with Crippen LogP contribution in [0.25, 0.3) is 0 Å². The first-order chi connectivity index (χ1) is 12.2. The molecule has 26 heavy (non-hydrogen) atoms. The van der Waals surface area contributed by atoms with E-state index in [1.54, 1.807) is 38.1 Å². The van der Waals surface area contributed by atoms with Crippen LogP contribution in [0.15, 0.2) is 46.4 Å². The molecule has 0 aliphatic rings. The number of phenolic OH excluding ortho intramolecular Hbond substituents is 1. The van der Waals surface area contributed by atoms with Gasteiger partial charge in [0.2, 0.25) is 10.0 Å².